The van der Waals surface area contributed by atoms with Crippen molar-refractivity contribution in [2.45, 2.75) is 32.4 Å². The molecule has 0 aromatic heterocycles. The molecule has 0 bridgehead atoms. The molecule has 0 spiro atoms. The number of hydrogen-bond donors (Lipinski definition) is 0. The van der Waals surface area contributed by atoms with Crippen LogP contribution in [0.5, 0.6) is 5.75 Å². The third kappa shape index (κ3) is 3.23. The van der Waals surface area contributed by atoms with Crippen molar-refractivity contribution in [3.8, 4) is 5.75 Å². The average Bonchev–Trinajstić information content (AvgIpc) is 2.34. The van der Waals surface area contributed by atoms with Crippen LogP contribution in [0.25, 0.3) is 0 Å². The number of benzene rings is 1. The Hall–Kier alpha value is -0.610. The molecule has 4 heteroatoms. The molecule has 0 radical (unpaired) electrons. The highest BCUT2D eigenvalue weighted by atomic mass is 79.9. The molecule has 0 aliphatic carbocycles. The van der Waals surface area contributed by atoms with E-state index in [1.165, 1.54) is 0 Å². The minimum absolute atomic E-state index is 0.108. The van der Waals surface area contributed by atoms with E-state index in [4.69, 9.17) is 9.47 Å². The number of rotatable bonds is 3. The molecule has 100 valence electrons. The first-order chi connectivity index (χ1) is 8.50. The SMILES string of the molecule is Cc1cc(OCC2(F)CCOCC2)cc(C)c1Br. The highest BCUT2D eigenvalue weighted by Gasteiger charge is 2.33. The number of ether oxygens (including phenoxy) is 2. The van der Waals surface area contributed by atoms with E-state index in [9.17, 15) is 4.39 Å². The zero-order valence-electron chi connectivity index (χ0n) is 10.8. The summed E-state index contributed by atoms with van der Waals surface area (Å²) in [5.41, 5.74) is 0.961. The maximum atomic E-state index is 14.3. The van der Waals surface area contributed by atoms with Gasteiger partial charge in [-0.3, -0.25) is 0 Å². The van der Waals surface area contributed by atoms with E-state index in [0.29, 0.717) is 26.1 Å². The summed E-state index contributed by atoms with van der Waals surface area (Å²) >= 11 is 3.51. The van der Waals surface area contributed by atoms with Gasteiger partial charge in [0.05, 0.1) is 0 Å². The fourth-order valence-electron chi connectivity index (χ4n) is 2.08. The first-order valence-corrected chi connectivity index (χ1v) is 6.96. The predicted octanol–water partition coefficient (Wildman–Crippen LogP) is 3.96. The second-order valence-electron chi connectivity index (χ2n) is 4.92. The highest BCUT2D eigenvalue weighted by Crippen LogP contribution is 2.29. The lowest BCUT2D eigenvalue weighted by Gasteiger charge is -2.29. The van der Waals surface area contributed by atoms with Crippen molar-refractivity contribution in [3.63, 3.8) is 0 Å². The molecule has 0 unspecified atom stereocenters. The molecule has 1 saturated heterocycles. The van der Waals surface area contributed by atoms with Gasteiger partial charge < -0.3 is 9.47 Å². The van der Waals surface area contributed by atoms with Gasteiger partial charge in [0.2, 0.25) is 0 Å². The zero-order chi connectivity index (χ0) is 13.2. The van der Waals surface area contributed by atoms with E-state index in [-0.39, 0.29) is 6.61 Å². The van der Waals surface area contributed by atoms with Crippen LogP contribution in [0, 0.1) is 13.8 Å². The van der Waals surface area contributed by atoms with Crippen molar-refractivity contribution in [1.29, 1.82) is 0 Å². The molecule has 1 heterocycles. The van der Waals surface area contributed by atoms with E-state index in [1.54, 1.807) is 0 Å². The van der Waals surface area contributed by atoms with Crippen molar-refractivity contribution >= 4 is 15.9 Å². The maximum Gasteiger partial charge on any atom is 0.149 e. The minimum atomic E-state index is -1.24. The minimum Gasteiger partial charge on any atom is -0.490 e. The van der Waals surface area contributed by atoms with Crippen LogP contribution in [-0.2, 0) is 4.74 Å². The van der Waals surface area contributed by atoms with Gasteiger partial charge in [0.1, 0.15) is 18.0 Å². The topological polar surface area (TPSA) is 18.5 Å². The standard InChI is InChI=1S/C14H18BrFO2/c1-10-7-12(8-11(2)13(10)15)18-9-14(16)3-5-17-6-4-14/h7-8H,3-6,9H2,1-2H3. The summed E-state index contributed by atoms with van der Waals surface area (Å²) < 4.78 is 26.2. The summed E-state index contributed by atoms with van der Waals surface area (Å²) in [6, 6.07) is 3.86. The van der Waals surface area contributed by atoms with Gasteiger partial charge in [0.25, 0.3) is 0 Å². The summed E-state index contributed by atoms with van der Waals surface area (Å²) in [6.07, 6.45) is 0.836. The molecule has 2 rings (SSSR count). The molecule has 0 atom stereocenters. The molecule has 1 aromatic carbocycles. The van der Waals surface area contributed by atoms with E-state index in [0.717, 1.165) is 21.3 Å². The first-order valence-electron chi connectivity index (χ1n) is 6.16. The summed E-state index contributed by atoms with van der Waals surface area (Å²) in [5.74, 6) is 0.733. The van der Waals surface area contributed by atoms with Crippen molar-refractivity contribution < 1.29 is 13.9 Å². The van der Waals surface area contributed by atoms with Gasteiger partial charge in [-0.25, -0.2) is 4.39 Å². The van der Waals surface area contributed by atoms with Crippen LogP contribution in [0.3, 0.4) is 0 Å². The van der Waals surface area contributed by atoms with Crippen molar-refractivity contribution in [3.05, 3.63) is 27.7 Å². The average molecular weight is 317 g/mol. The molecule has 1 aliphatic heterocycles. The second-order valence-corrected chi connectivity index (χ2v) is 5.72. The first kappa shape index (κ1) is 13.8. The Balaban J connectivity index is 2.01. The summed E-state index contributed by atoms with van der Waals surface area (Å²) in [5, 5.41) is 0. The van der Waals surface area contributed by atoms with Crippen LogP contribution in [0.2, 0.25) is 0 Å². The molecular formula is C14H18BrFO2. The van der Waals surface area contributed by atoms with Gasteiger partial charge in [0, 0.05) is 30.5 Å². The Morgan fingerprint density at radius 3 is 2.39 bits per heavy atom. The van der Waals surface area contributed by atoms with Gasteiger partial charge >= 0.3 is 0 Å². The van der Waals surface area contributed by atoms with Crippen molar-refractivity contribution in [2.75, 3.05) is 19.8 Å². The number of alkyl halides is 1. The molecule has 1 aromatic rings. The lowest BCUT2D eigenvalue weighted by molar-refractivity contribution is -0.0323. The van der Waals surface area contributed by atoms with Crippen LogP contribution in [0.4, 0.5) is 4.39 Å². The smallest absolute Gasteiger partial charge is 0.149 e. The fraction of sp³-hybridized carbons (Fsp3) is 0.571. The van der Waals surface area contributed by atoms with Crippen LogP contribution in [0.1, 0.15) is 24.0 Å². The molecule has 1 aliphatic rings. The van der Waals surface area contributed by atoms with Crippen molar-refractivity contribution in [1.82, 2.24) is 0 Å². The Morgan fingerprint density at radius 2 is 1.83 bits per heavy atom. The Bertz CT molecular complexity index is 405. The third-order valence-electron chi connectivity index (χ3n) is 3.30. The Labute approximate surface area is 116 Å². The number of halogens is 2. The molecule has 18 heavy (non-hydrogen) atoms. The van der Waals surface area contributed by atoms with Gasteiger partial charge in [-0.1, -0.05) is 15.9 Å². The van der Waals surface area contributed by atoms with Crippen LogP contribution in [-0.4, -0.2) is 25.5 Å². The second kappa shape index (κ2) is 5.57. The van der Waals surface area contributed by atoms with Gasteiger partial charge in [-0.05, 0) is 37.1 Å². The molecule has 2 nitrogen and oxygen atoms in total. The van der Waals surface area contributed by atoms with Crippen LogP contribution >= 0.6 is 15.9 Å². The predicted molar refractivity (Wildman–Crippen MR) is 73.0 cm³/mol. The zero-order valence-corrected chi connectivity index (χ0v) is 12.3. The maximum absolute atomic E-state index is 14.3. The van der Waals surface area contributed by atoms with E-state index in [1.807, 2.05) is 26.0 Å². The van der Waals surface area contributed by atoms with E-state index in [2.05, 4.69) is 15.9 Å². The molecule has 0 N–H and O–H groups in total. The monoisotopic (exact) mass is 316 g/mol. The Morgan fingerprint density at radius 1 is 1.28 bits per heavy atom. The van der Waals surface area contributed by atoms with Crippen LogP contribution < -0.4 is 4.74 Å². The fourth-order valence-corrected chi connectivity index (χ4v) is 2.31. The number of aryl methyl sites for hydroxylation is 2. The quantitative estimate of drug-likeness (QED) is 0.840. The lowest BCUT2D eigenvalue weighted by Crippen LogP contribution is -2.37. The summed E-state index contributed by atoms with van der Waals surface area (Å²) in [4.78, 5) is 0. The Kier molecular flexibility index (Phi) is 4.28. The highest BCUT2D eigenvalue weighted by molar-refractivity contribution is 9.10. The number of hydrogen-bond acceptors (Lipinski definition) is 2. The van der Waals surface area contributed by atoms with Gasteiger partial charge in [0.15, 0.2) is 0 Å². The van der Waals surface area contributed by atoms with Crippen molar-refractivity contribution in [2.24, 2.45) is 0 Å². The molecule has 0 saturated carbocycles. The molecule has 1 fully saturated rings. The van der Waals surface area contributed by atoms with Crippen LogP contribution in [0.15, 0.2) is 16.6 Å². The van der Waals surface area contributed by atoms with Gasteiger partial charge in [-0.15, -0.1) is 0 Å². The summed E-state index contributed by atoms with van der Waals surface area (Å²) in [7, 11) is 0. The third-order valence-corrected chi connectivity index (χ3v) is 4.55. The molecule has 0 amide bonds. The molecular weight excluding hydrogens is 299 g/mol. The van der Waals surface area contributed by atoms with Gasteiger partial charge in [-0.2, -0.15) is 0 Å². The summed E-state index contributed by atoms with van der Waals surface area (Å²) in [6.45, 7) is 5.08. The largest absolute Gasteiger partial charge is 0.490 e. The van der Waals surface area contributed by atoms with E-state index < -0.39 is 5.67 Å². The van der Waals surface area contributed by atoms with E-state index >= 15 is 0 Å². The normalized spacial score (nSPS) is 18.7. The lowest BCUT2D eigenvalue weighted by atomic mass is 9.98.